The van der Waals surface area contributed by atoms with E-state index >= 15 is 0 Å². The minimum absolute atomic E-state index is 0.387. The van der Waals surface area contributed by atoms with Gasteiger partial charge in [0.1, 0.15) is 11.8 Å². The highest BCUT2D eigenvalue weighted by Gasteiger charge is 2.54. The molecule has 4 fully saturated rings. The van der Waals surface area contributed by atoms with Crippen LogP contribution in [-0.2, 0) is 6.42 Å². The molecule has 4 nitrogen and oxygen atoms in total. The van der Waals surface area contributed by atoms with Crippen molar-refractivity contribution in [3.05, 3.63) is 17.5 Å². The largest absolute Gasteiger partial charge is 0.379 e. The van der Waals surface area contributed by atoms with Crippen LogP contribution in [0.3, 0.4) is 0 Å². The van der Waals surface area contributed by atoms with Gasteiger partial charge in [0.15, 0.2) is 0 Å². The molecule has 23 heavy (non-hydrogen) atoms. The van der Waals surface area contributed by atoms with E-state index in [2.05, 4.69) is 37.3 Å². The fourth-order valence-electron chi connectivity index (χ4n) is 5.61. The number of hydrogen-bond acceptors (Lipinski definition) is 4. The fourth-order valence-corrected chi connectivity index (χ4v) is 6.90. The van der Waals surface area contributed by atoms with E-state index in [1.54, 1.807) is 6.20 Å². The average Bonchev–Trinajstić information content (AvgIpc) is 2.98. The molecule has 0 aromatic carbocycles. The molecule has 4 bridgehead atoms. The minimum Gasteiger partial charge on any atom is -0.379 e. The van der Waals surface area contributed by atoms with Crippen LogP contribution in [0.25, 0.3) is 0 Å². The van der Waals surface area contributed by atoms with Crippen molar-refractivity contribution in [2.45, 2.75) is 48.9 Å². The van der Waals surface area contributed by atoms with E-state index in [9.17, 15) is 5.26 Å². The minimum atomic E-state index is 0.387. The molecule has 5 atom stereocenters. The highest BCUT2D eigenvalue weighted by atomic mass is 79.9. The molecule has 1 aromatic heterocycles. The van der Waals surface area contributed by atoms with Crippen molar-refractivity contribution in [2.24, 2.45) is 22.7 Å². The van der Waals surface area contributed by atoms with Gasteiger partial charge in [-0.2, -0.15) is 5.26 Å². The number of nitrogens with zero attached hydrogens (tertiary/aromatic N) is 3. The summed E-state index contributed by atoms with van der Waals surface area (Å²) in [6.07, 6.45) is 10.9. The van der Waals surface area contributed by atoms with Gasteiger partial charge in [-0.1, -0.05) is 15.9 Å². The molecule has 0 amide bonds. The van der Waals surface area contributed by atoms with E-state index in [1.165, 1.54) is 32.1 Å². The second-order valence-electron chi connectivity index (χ2n) is 7.76. The van der Waals surface area contributed by atoms with Crippen molar-refractivity contribution in [1.29, 1.82) is 5.26 Å². The lowest BCUT2D eigenvalue weighted by molar-refractivity contribution is 0.0281. The molecule has 2 heterocycles. The first-order valence-corrected chi connectivity index (χ1v) is 9.34. The van der Waals surface area contributed by atoms with Gasteiger partial charge in [-0.3, -0.25) is 9.98 Å². The Morgan fingerprint density at radius 1 is 1.26 bits per heavy atom. The maximum atomic E-state index is 9.48. The molecule has 0 spiro atoms. The Bertz CT molecular complexity index is 734. The summed E-state index contributed by atoms with van der Waals surface area (Å²) < 4.78 is 0.387. The lowest BCUT2D eigenvalue weighted by Gasteiger charge is -2.58. The van der Waals surface area contributed by atoms with E-state index < -0.39 is 0 Å². The summed E-state index contributed by atoms with van der Waals surface area (Å²) in [6.45, 7) is 0. The van der Waals surface area contributed by atoms with E-state index in [1.807, 2.05) is 6.21 Å². The molecule has 5 aliphatic rings. The highest BCUT2D eigenvalue weighted by Crippen LogP contribution is 2.59. The number of halogens is 1. The smallest absolute Gasteiger partial charge is 0.109 e. The number of rotatable bonds is 2. The van der Waals surface area contributed by atoms with Crippen molar-refractivity contribution in [3.8, 4) is 6.07 Å². The first kappa shape index (κ1) is 14.0. The van der Waals surface area contributed by atoms with E-state index in [0.717, 1.165) is 29.4 Å². The predicted molar refractivity (Wildman–Crippen MR) is 93.4 cm³/mol. The predicted octanol–water partition coefficient (Wildman–Crippen LogP) is 3.97. The Kier molecular flexibility index (Phi) is 2.91. The Morgan fingerprint density at radius 2 is 2.04 bits per heavy atom. The number of hydrogen-bond donors (Lipinski definition) is 1. The third-order valence-corrected chi connectivity index (χ3v) is 7.24. The number of anilines is 1. The number of alkyl halides is 1. The van der Waals surface area contributed by atoms with Crippen LogP contribution in [0.15, 0.2) is 11.2 Å². The van der Waals surface area contributed by atoms with Crippen LogP contribution in [0.2, 0.25) is 0 Å². The van der Waals surface area contributed by atoms with Crippen LogP contribution in [0, 0.1) is 29.1 Å². The molecular formula is C18H19BrN4. The summed E-state index contributed by atoms with van der Waals surface area (Å²) in [7, 11) is 0. The second-order valence-corrected chi connectivity index (χ2v) is 9.44. The first-order chi connectivity index (χ1) is 11.1. The van der Waals surface area contributed by atoms with Crippen molar-refractivity contribution in [2.75, 3.05) is 5.32 Å². The SMILES string of the molecule is N#Cc1cnc2c(c1NC1[C@@H]3CC4C[C@H]1CC(Br)(C4)C3)N=CC2. The summed E-state index contributed by atoms with van der Waals surface area (Å²) >= 11 is 4.03. The van der Waals surface area contributed by atoms with E-state index in [-0.39, 0.29) is 0 Å². The van der Waals surface area contributed by atoms with Crippen LogP contribution in [0.4, 0.5) is 11.4 Å². The van der Waals surface area contributed by atoms with Gasteiger partial charge in [0.2, 0.25) is 0 Å². The average molecular weight is 371 g/mol. The van der Waals surface area contributed by atoms with Gasteiger partial charge in [0, 0.05) is 29.2 Å². The zero-order chi connectivity index (χ0) is 15.6. The summed E-state index contributed by atoms with van der Waals surface area (Å²) in [6, 6.07) is 2.78. The van der Waals surface area contributed by atoms with Crippen molar-refractivity contribution < 1.29 is 0 Å². The zero-order valence-corrected chi connectivity index (χ0v) is 14.5. The summed E-state index contributed by atoms with van der Waals surface area (Å²) in [5.74, 6) is 2.31. The molecule has 4 aliphatic carbocycles. The second kappa shape index (κ2) is 4.80. The molecule has 0 saturated heterocycles. The normalized spacial score (nSPS) is 39.3. The maximum Gasteiger partial charge on any atom is 0.109 e. The standard InChI is InChI=1S/C18H19BrN4/c19-18-5-10-3-11(6-18)15(12(4-10)7-18)23-16-13(8-20)9-22-14-1-2-21-17(14)16/h2,9-12,15H,1,3-7H2,(H,22,23)/t10?,11-,12+,15?,18?. The van der Waals surface area contributed by atoms with E-state index in [0.29, 0.717) is 27.8 Å². The molecule has 6 rings (SSSR count). The quantitative estimate of drug-likeness (QED) is 0.801. The third-order valence-electron chi connectivity index (χ3n) is 6.26. The van der Waals surface area contributed by atoms with Crippen molar-refractivity contribution in [1.82, 2.24) is 4.98 Å². The number of pyridine rings is 1. The number of aromatic nitrogens is 1. The van der Waals surface area contributed by atoms with E-state index in [4.69, 9.17) is 0 Å². The van der Waals surface area contributed by atoms with Crippen molar-refractivity contribution in [3.63, 3.8) is 0 Å². The van der Waals surface area contributed by atoms with Crippen LogP contribution >= 0.6 is 15.9 Å². The van der Waals surface area contributed by atoms with Crippen LogP contribution in [0.5, 0.6) is 0 Å². The Labute approximate surface area is 144 Å². The summed E-state index contributed by atoms with van der Waals surface area (Å²) in [5, 5.41) is 13.2. The number of fused-ring (bicyclic) bond motifs is 1. The monoisotopic (exact) mass is 370 g/mol. The molecule has 118 valence electrons. The van der Waals surface area contributed by atoms with Crippen molar-refractivity contribution >= 4 is 33.5 Å². The number of nitrogens with one attached hydrogen (secondary N) is 1. The molecule has 1 N–H and O–H groups in total. The maximum absolute atomic E-state index is 9.48. The molecule has 4 saturated carbocycles. The lowest BCUT2D eigenvalue weighted by atomic mass is 9.54. The third kappa shape index (κ3) is 2.07. The lowest BCUT2D eigenvalue weighted by Crippen LogP contribution is -2.56. The topological polar surface area (TPSA) is 61.1 Å². The van der Waals surface area contributed by atoms with Gasteiger partial charge in [-0.15, -0.1) is 0 Å². The Hall–Kier alpha value is -1.41. The van der Waals surface area contributed by atoms with Crippen LogP contribution in [-0.4, -0.2) is 21.6 Å². The van der Waals surface area contributed by atoms with Gasteiger partial charge >= 0.3 is 0 Å². The molecular weight excluding hydrogens is 352 g/mol. The zero-order valence-electron chi connectivity index (χ0n) is 12.9. The number of aliphatic imine (C=N–C) groups is 1. The Morgan fingerprint density at radius 3 is 2.74 bits per heavy atom. The molecule has 1 aromatic rings. The highest BCUT2D eigenvalue weighted by molar-refractivity contribution is 9.10. The summed E-state index contributed by atoms with van der Waals surface area (Å²) in [5.41, 5.74) is 3.44. The fraction of sp³-hybridized carbons (Fsp3) is 0.611. The Balaban J connectivity index is 1.51. The number of nitriles is 1. The molecule has 5 heteroatoms. The van der Waals surface area contributed by atoms with Gasteiger partial charge in [0.25, 0.3) is 0 Å². The molecule has 1 aliphatic heterocycles. The van der Waals surface area contributed by atoms with Gasteiger partial charge in [-0.25, -0.2) is 0 Å². The summed E-state index contributed by atoms with van der Waals surface area (Å²) in [4.78, 5) is 8.89. The molecule has 3 unspecified atom stereocenters. The van der Waals surface area contributed by atoms with Gasteiger partial charge in [0.05, 0.1) is 16.9 Å². The van der Waals surface area contributed by atoms with Gasteiger partial charge in [-0.05, 0) is 49.9 Å². The van der Waals surface area contributed by atoms with Gasteiger partial charge < -0.3 is 5.32 Å². The van der Waals surface area contributed by atoms with Crippen LogP contribution in [0.1, 0.15) is 43.4 Å². The van der Waals surface area contributed by atoms with Crippen LogP contribution < -0.4 is 5.32 Å². The first-order valence-electron chi connectivity index (χ1n) is 8.55. The molecule has 0 radical (unpaired) electrons.